The standard InChI is InChI=1S/C13H17NO2/c15-8-14-13-6-2-1-5-12(13)7-16-10-4-3-9(13)11(10)12/h9-11H,1-7H2/t9?,10-,11?,12-,13+/m1/s1. The molecule has 16 heavy (non-hydrogen) atoms. The molecule has 0 aromatic rings. The van der Waals surface area contributed by atoms with Crippen molar-refractivity contribution in [2.75, 3.05) is 6.61 Å². The largest absolute Gasteiger partial charge is 0.377 e. The maximum absolute atomic E-state index is 10.8. The zero-order chi connectivity index (χ0) is 10.8. The summed E-state index contributed by atoms with van der Waals surface area (Å²) in [6.45, 7) is 0.851. The van der Waals surface area contributed by atoms with E-state index in [1.165, 1.54) is 32.1 Å². The monoisotopic (exact) mass is 219 g/mol. The molecule has 1 saturated heterocycles. The Morgan fingerprint density at radius 2 is 2.12 bits per heavy atom. The minimum Gasteiger partial charge on any atom is -0.377 e. The van der Waals surface area contributed by atoms with Crippen molar-refractivity contribution < 1.29 is 9.53 Å². The fraction of sp³-hybridized carbons (Fsp3) is 0.923. The van der Waals surface area contributed by atoms with Crippen molar-refractivity contribution in [2.45, 2.75) is 50.2 Å². The second kappa shape index (κ2) is 2.77. The Hall–Kier alpha value is -0.660. The Bertz CT molecular complexity index is 385. The molecule has 3 saturated carbocycles. The van der Waals surface area contributed by atoms with Crippen LogP contribution in [0.25, 0.3) is 0 Å². The molecule has 3 heteroatoms. The fourth-order valence-electron chi connectivity index (χ4n) is 5.52. The van der Waals surface area contributed by atoms with E-state index < -0.39 is 0 Å². The van der Waals surface area contributed by atoms with Crippen molar-refractivity contribution in [1.29, 1.82) is 0 Å². The molecular formula is C13H17NO2. The number of carbonyl (C=O) groups excluding carboxylic acids is 1. The molecule has 3 nitrogen and oxygen atoms in total. The quantitative estimate of drug-likeness (QED) is 0.500. The van der Waals surface area contributed by atoms with E-state index in [0.29, 0.717) is 17.9 Å². The summed E-state index contributed by atoms with van der Waals surface area (Å²) in [7, 11) is 0. The Kier molecular flexibility index (Phi) is 1.62. The Balaban J connectivity index is 1.85. The van der Waals surface area contributed by atoms with Gasteiger partial charge in [0.2, 0.25) is 6.08 Å². The molecule has 2 unspecified atom stereocenters. The molecule has 0 amide bonds. The molecule has 1 heterocycles. The van der Waals surface area contributed by atoms with Gasteiger partial charge in [-0.15, -0.1) is 0 Å². The average molecular weight is 219 g/mol. The predicted molar refractivity (Wildman–Crippen MR) is 57.7 cm³/mol. The van der Waals surface area contributed by atoms with Gasteiger partial charge in [0.25, 0.3) is 0 Å². The lowest BCUT2D eigenvalue weighted by molar-refractivity contribution is -0.132. The first-order valence-corrected chi connectivity index (χ1v) is 6.55. The summed E-state index contributed by atoms with van der Waals surface area (Å²) >= 11 is 0. The van der Waals surface area contributed by atoms with E-state index in [2.05, 4.69) is 4.99 Å². The lowest BCUT2D eigenvalue weighted by atomic mass is 9.40. The third kappa shape index (κ3) is 0.742. The van der Waals surface area contributed by atoms with E-state index in [1.54, 1.807) is 0 Å². The predicted octanol–water partition coefficient (Wildman–Crippen LogP) is 2.06. The molecule has 3 aliphatic carbocycles. The molecule has 86 valence electrons. The van der Waals surface area contributed by atoms with Crippen LogP contribution in [0.1, 0.15) is 38.5 Å². The summed E-state index contributed by atoms with van der Waals surface area (Å²) in [5.41, 5.74) is 0.164. The van der Waals surface area contributed by atoms with Gasteiger partial charge in [0.1, 0.15) is 0 Å². The van der Waals surface area contributed by atoms with Gasteiger partial charge in [-0.1, -0.05) is 12.8 Å². The van der Waals surface area contributed by atoms with Gasteiger partial charge >= 0.3 is 0 Å². The van der Waals surface area contributed by atoms with Crippen molar-refractivity contribution in [3.63, 3.8) is 0 Å². The second-order valence-electron chi connectivity index (χ2n) is 6.05. The third-order valence-corrected chi connectivity index (χ3v) is 5.94. The van der Waals surface area contributed by atoms with Crippen molar-refractivity contribution >= 4 is 6.08 Å². The van der Waals surface area contributed by atoms with Crippen LogP contribution in [-0.2, 0) is 9.53 Å². The molecule has 1 spiro atoms. The van der Waals surface area contributed by atoms with Gasteiger partial charge in [0.15, 0.2) is 0 Å². The van der Waals surface area contributed by atoms with Crippen LogP contribution in [0.3, 0.4) is 0 Å². The van der Waals surface area contributed by atoms with Crippen LogP contribution in [-0.4, -0.2) is 24.3 Å². The summed E-state index contributed by atoms with van der Waals surface area (Å²) in [6, 6.07) is 0. The Morgan fingerprint density at radius 1 is 1.25 bits per heavy atom. The van der Waals surface area contributed by atoms with Crippen LogP contribution in [0.4, 0.5) is 0 Å². The SMILES string of the molecule is O=C=N[C@]12CCCC[C@]13CO[C@@H]1CCC2C13. The van der Waals surface area contributed by atoms with E-state index >= 15 is 0 Å². The lowest BCUT2D eigenvalue weighted by Gasteiger charge is -2.65. The summed E-state index contributed by atoms with van der Waals surface area (Å²) in [5, 5.41) is 0. The van der Waals surface area contributed by atoms with Gasteiger partial charge in [0.05, 0.1) is 18.2 Å². The lowest BCUT2D eigenvalue weighted by Crippen LogP contribution is -2.69. The van der Waals surface area contributed by atoms with E-state index in [-0.39, 0.29) is 11.0 Å². The number of hydrogen-bond acceptors (Lipinski definition) is 3. The Labute approximate surface area is 95.3 Å². The van der Waals surface area contributed by atoms with Crippen molar-refractivity contribution in [1.82, 2.24) is 0 Å². The molecule has 0 aromatic heterocycles. The number of rotatable bonds is 1. The van der Waals surface area contributed by atoms with E-state index in [1.807, 2.05) is 6.08 Å². The van der Waals surface area contributed by atoms with Gasteiger partial charge in [-0.2, -0.15) is 4.99 Å². The van der Waals surface area contributed by atoms with Gasteiger partial charge in [-0.25, -0.2) is 4.79 Å². The zero-order valence-electron chi connectivity index (χ0n) is 9.45. The van der Waals surface area contributed by atoms with Crippen molar-refractivity contribution in [3.05, 3.63) is 0 Å². The summed E-state index contributed by atoms with van der Waals surface area (Å²) in [5.74, 6) is 1.34. The van der Waals surface area contributed by atoms with Gasteiger partial charge in [0, 0.05) is 11.3 Å². The minimum absolute atomic E-state index is 0.0666. The van der Waals surface area contributed by atoms with E-state index in [4.69, 9.17) is 4.74 Å². The molecule has 4 aliphatic rings. The summed E-state index contributed by atoms with van der Waals surface area (Å²) in [6.07, 6.45) is 9.58. The zero-order valence-corrected chi connectivity index (χ0v) is 9.45. The highest BCUT2D eigenvalue weighted by atomic mass is 16.5. The Morgan fingerprint density at radius 3 is 3.00 bits per heavy atom. The van der Waals surface area contributed by atoms with Gasteiger partial charge in [-0.05, 0) is 31.6 Å². The fourth-order valence-corrected chi connectivity index (χ4v) is 5.52. The van der Waals surface area contributed by atoms with E-state index in [0.717, 1.165) is 13.0 Å². The second-order valence-corrected chi connectivity index (χ2v) is 6.05. The highest BCUT2D eigenvalue weighted by Crippen LogP contribution is 2.75. The van der Waals surface area contributed by atoms with Crippen LogP contribution in [0.2, 0.25) is 0 Å². The van der Waals surface area contributed by atoms with Crippen LogP contribution in [0.5, 0.6) is 0 Å². The third-order valence-electron chi connectivity index (χ3n) is 5.94. The molecule has 0 radical (unpaired) electrons. The van der Waals surface area contributed by atoms with Gasteiger partial charge in [-0.3, -0.25) is 0 Å². The highest BCUT2D eigenvalue weighted by Gasteiger charge is 2.78. The highest BCUT2D eigenvalue weighted by molar-refractivity contribution is 5.40. The first-order valence-electron chi connectivity index (χ1n) is 6.55. The molecule has 4 rings (SSSR count). The molecule has 0 N–H and O–H groups in total. The topological polar surface area (TPSA) is 38.7 Å². The molecule has 1 aliphatic heterocycles. The molecular weight excluding hydrogens is 202 g/mol. The maximum atomic E-state index is 10.8. The van der Waals surface area contributed by atoms with Crippen LogP contribution in [0.15, 0.2) is 4.99 Å². The normalized spacial score (nSPS) is 57.1. The average Bonchev–Trinajstić information content (AvgIpc) is 2.78. The van der Waals surface area contributed by atoms with Crippen molar-refractivity contribution in [3.8, 4) is 0 Å². The number of nitrogens with zero attached hydrogens (tertiary/aromatic N) is 1. The molecule has 5 atom stereocenters. The molecule has 0 aromatic carbocycles. The van der Waals surface area contributed by atoms with Crippen LogP contribution in [0, 0.1) is 17.3 Å². The minimum atomic E-state index is -0.0666. The van der Waals surface area contributed by atoms with Crippen molar-refractivity contribution in [2.24, 2.45) is 22.2 Å². The number of hydrogen-bond donors (Lipinski definition) is 0. The smallest absolute Gasteiger partial charge is 0.235 e. The summed E-state index contributed by atoms with van der Waals surface area (Å²) in [4.78, 5) is 15.1. The first kappa shape index (κ1) is 9.38. The summed E-state index contributed by atoms with van der Waals surface area (Å²) < 4.78 is 5.97. The number of fused-ring (bicyclic) bond motifs is 1. The van der Waals surface area contributed by atoms with Crippen LogP contribution < -0.4 is 0 Å². The number of aliphatic imine (C=N–C) groups is 1. The van der Waals surface area contributed by atoms with E-state index in [9.17, 15) is 4.79 Å². The molecule has 0 bridgehead atoms. The van der Waals surface area contributed by atoms with Crippen LogP contribution >= 0.6 is 0 Å². The molecule has 4 fully saturated rings. The number of isocyanates is 1. The first-order chi connectivity index (χ1) is 7.84. The van der Waals surface area contributed by atoms with Gasteiger partial charge < -0.3 is 4.74 Å². The number of ether oxygens (including phenoxy) is 1. The maximum Gasteiger partial charge on any atom is 0.235 e.